The number of allylic oxidation sites excluding steroid dienone is 1. The number of nitrogens with one attached hydrogen (secondary N) is 2. The van der Waals surface area contributed by atoms with E-state index >= 15 is 0 Å². The molecule has 12 nitrogen and oxygen atoms in total. The van der Waals surface area contributed by atoms with Gasteiger partial charge in [0.15, 0.2) is 0 Å². The Labute approximate surface area is 282 Å². The van der Waals surface area contributed by atoms with Gasteiger partial charge in [-0.2, -0.15) is 0 Å². The number of hydrogen-bond acceptors (Lipinski definition) is 10. The summed E-state index contributed by atoms with van der Waals surface area (Å²) >= 11 is 0. The van der Waals surface area contributed by atoms with E-state index in [0.29, 0.717) is 17.0 Å². The molecule has 4 N–H and O–H groups in total. The molecule has 6 rings (SSSR count). The predicted molar refractivity (Wildman–Crippen MR) is 183 cm³/mol. The number of aryl methyl sites for hydroxylation is 3. The van der Waals surface area contributed by atoms with Gasteiger partial charge in [-0.3, -0.25) is 9.78 Å². The molecule has 3 atom stereocenters. The van der Waals surface area contributed by atoms with Crippen LogP contribution in [0, 0.1) is 13.8 Å². The highest BCUT2D eigenvalue weighted by Crippen LogP contribution is 2.49. The third-order valence-corrected chi connectivity index (χ3v) is 9.89. The number of aromatic nitrogens is 4. The molecule has 3 aliphatic heterocycles. The zero-order valence-electron chi connectivity index (χ0n) is 28.4. The van der Waals surface area contributed by atoms with E-state index in [9.17, 15) is 19.5 Å². The van der Waals surface area contributed by atoms with E-state index in [2.05, 4.69) is 23.5 Å². The molecule has 0 aliphatic carbocycles. The standard InChI is InChI=1S/C37H40N4O8/c1-8-21-17(3)24-14-26-19(5)23(10-11-30(43)48-13-12-42)33(40-26)32-34-31(35(44)49-37(32,46)36(45)47-7)20(6)27(41-34)16-29-22(9-2)18(4)25(39-29)15-28(21)38-24/h8,14-16,19,23,38-39,42,46H,1,9-13H2,2-7H3/t19-,23-,37-/m0/s1. The smallest absolute Gasteiger partial charge is 0.384 e. The largest absolute Gasteiger partial charge is 0.464 e. The van der Waals surface area contributed by atoms with Gasteiger partial charge in [-0.15, -0.1) is 0 Å². The normalized spacial score (nSPS) is 19.9. The lowest BCUT2D eigenvalue weighted by Crippen LogP contribution is -2.46. The lowest BCUT2D eigenvalue weighted by atomic mass is 9.82. The maximum absolute atomic E-state index is 13.6. The average Bonchev–Trinajstić information content (AvgIpc) is 3.75. The Hall–Kier alpha value is -5.07. The molecule has 0 fully saturated rings. The first-order chi connectivity index (χ1) is 23.4. The maximum atomic E-state index is 13.6. The Morgan fingerprint density at radius 1 is 1.08 bits per heavy atom. The van der Waals surface area contributed by atoms with Crippen molar-refractivity contribution in [1.82, 2.24) is 19.9 Å². The number of fused-ring (bicyclic) bond motifs is 8. The molecule has 3 aliphatic rings. The predicted octanol–water partition coefficient (Wildman–Crippen LogP) is 5.15. The van der Waals surface area contributed by atoms with Crippen molar-refractivity contribution in [2.75, 3.05) is 20.3 Å². The summed E-state index contributed by atoms with van der Waals surface area (Å²) in [4.78, 5) is 56.5. The molecule has 49 heavy (non-hydrogen) atoms. The molecule has 256 valence electrons. The maximum Gasteiger partial charge on any atom is 0.384 e. The molecule has 6 heterocycles. The molecule has 0 unspecified atom stereocenters. The lowest BCUT2D eigenvalue weighted by Gasteiger charge is -2.32. The van der Waals surface area contributed by atoms with Gasteiger partial charge in [-0.05, 0) is 74.1 Å². The van der Waals surface area contributed by atoms with Gasteiger partial charge in [0.1, 0.15) is 6.61 Å². The van der Waals surface area contributed by atoms with Crippen LogP contribution in [-0.2, 0) is 40.8 Å². The number of rotatable bonds is 8. The number of carbonyl (C=O) groups excluding carboxylic acids is 3. The van der Waals surface area contributed by atoms with Crippen molar-refractivity contribution in [3.8, 4) is 0 Å². The molecule has 12 heteroatoms. The van der Waals surface area contributed by atoms with Gasteiger partial charge in [0.2, 0.25) is 0 Å². The van der Waals surface area contributed by atoms with E-state index in [1.807, 2.05) is 39.0 Å². The van der Waals surface area contributed by atoms with E-state index in [1.165, 1.54) is 0 Å². The quantitative estimate of drug-likeness (QED) is 0.186. The number of esters is 3. The second-order valence-corrected chi connectivity index (χ2v) is 12.6. The fraction of sp³-hybridized carbons (Fsp3) is 0.378. The summed E-state index contributed by atoms with van der Waals surface area (Å²) in [6, 6.07) is 5.80. The molecule has 0 radical (unpaired) electrons. The van der Waals surface area contributed by atoms with Gasteiger partial charge >= 0.3 is 23.7 Å². The Morgan fingerprint density at radius 3 is 2.47 bits per heavy atom. The van der Waals surface area contributed by atoms with Crippen molar-refractivity contribution in [3.63, 3.8) is 0 Å². The zero-order chi connectivity index (χ0) is 35.4. The topological polar surface area (TPSA) is 177 Å². The minimum Gasteiger partial charge on any atom is -0.464 e. The minimum absolute atomic E-state index is 0.0420. The van der Waals surface area contributed by atoms with Gasteiger partial charge in [-0.25, -0.2) is 14.6 Å². The molecule has 3 aromatic heterocycles. The zero-order valence-corrected chi connectivity index (χ0v) is 28.4. The fourth-order valence-electron chi connectivity index (χ4n) is 7.18. The van der Waals surface area contributed by atoms with Crippen molar-refractivity contribution in [2.45, 2.75) is 71.5 Å². The van der Waals surface area contributed by atoms with Crippen LogP contribution in [0.1, 0.15) is 96.0 Å². The first kappa shape index (κ1) is 33.8. The number of aliphatic hydroxyl groups is 2. The Kier molecular flexibility index (Phi) is 8.80. The second-order valence-electron chi connectivity index (χ2n) is 12.6. The average molecular weight is 669 g/mol. The van der Waals surface area contributed by atoms with E-state index in [1.54, 1.807) is 13.0 Å². The molecule has 0 saturated heterocycles. The summed E-state index contributed by atoms with van der Waals surface area (Å²) in [5.41, 5.74) is 9.10. The van der Waals surface area contributed by atoms with Gasteiger partial charge in [-0.1, -0.05) is 26.5 Å². The molecule has 0 spiro atoms. The summed E-state index contributed by atoms with van der Waals surface area (Å²) in [7, 11) is 1.08. The van der Waals surface area contributed by atoms with Crippen molar-refractivity contribution < 1.29 is 38.8 Å². The van der Waals surface area contributed by atoms with E-state index in [0.717, 1.165) is 57.9 Å². The van der Waals surface area contributed by atoms with Crippen molar-refractivity contribution in [3.05, 3.63) is 75.4 Å². The highest BCUT2D eigenvalue weighted by molar-refractivity contribution is 6.27. The summed E-state index contributed by atoms with van der Waals surface area (Å²) in [5, 5.41) is 21.1. The molecule has 0 aromatic carbocycles. The van der Waals surface area contributed by atoms with Gasteiger partial charge in [0, 0.05) is 51.6 Å². The minimum atomic E-state index is -2.87. The Morgan fingerprint density at radius 2 is 1.80 bits per heavy atom. The molecule has 0 saturated carbocycles. The lowest BCUT2D eigenvalue weighted by molar-refractivity contribution is -0.228. The van der Waals surface area contributed by atoms with Crippen LogP contribution >= 0.6 is 0 Å². The third kappa shape index (κ3) is 5.44. The van der Waals surface area contributed by atoms with Crippen LogP contribution < -0.4 is 0 Å². The fourth-order valence-corrected chi connectivity index (χ4v) is 7.18. The molecule has 8 bridgehead atoms. The van der Waals surface area contributed by atoms with E-state index in [-0.39, 0.29) is 54.5 Å². The van der Waals surface area contributed by atoms with Crippen molar-refractivity contribution in [2.24, 2.45) is 0 Å². The van der Waals surface area contributed by atoms with Crippen LogP contribution in [0.3, 0.4) is 0 Å². The molecule has 3 aromatic rings. The van der Waals surface area contributed by atoms with E-state index in [4.69, 9.17) is 29.3 Å². The van der Waals surface area contributed by atoms with Crippen LogP contribution in [0.5, 0.6) is 0 Å². The number of nitrogens with zero attached hydrogens (tertiary/aromatic N) is 2. The summed E-state index contributed by atoms with van der Waals surface area (Å²) in [5.74, 6) is -6.43. The number of carbonyl (C=O) groups is 3. The first-order valence-electron chi connectivity index (χ1n) is 16.3. The van der Waals surface area contributed by atoms with Gasteiger partial charge in [0.25, 0.3) is 0 Å². The van der Waals surface area contributed by atoms with Crippen molar-refractivity contribution in [1.29, 1.82) is 0 Å². The third-order valence-electron chi connectivity index (χ3n) is 9.89. The first-order valence-corrected chi connectivity index (χ1v) is 16.3. The number of aliphatic hydroxyl groups excluding tert-OH is 1. The summed E-state index contributed by atoms with van der Waals surface area (Å²) in [6.07, 6.45) is 2.68. The number of aromatic amines is 2. The summed E-state index contributed by atoms with van der Waals surface area (Å²) < 4.78 is 15.7. The molecule has 0 amide bonds. The number of hydrogen-bond donors (Lipinski definition) is 4. The molecular formula is C37H40N4O8. The van der Waals surface area contributed by atoms with Gasteiger partial charge in [0.05, 0.1) is 41.9 Å². The SMILES string of the molecule is C=Cc1c(C)c2cc3nc(c4c5nc(cc6[nH]c(cc1[nH]2)c(C)c6CC)C(C)=C5C(=O)O[C@]4(O)C(=O)OC)[C@@H](CCC(=O)OCCO)[C@@H]3C. The van der Waals surface area contributed by atoms with Gasteiger partial charge < -0.3 is 34.4 Å². The van der Waals surface area contributed by atoms with E-state index < -0.39 is 29.6 Å². The van der Waals surface area contributed by atoms with Crippen LogP contribution in [0.4, 0.5) is 0 Å². The molecular weight excluding hydrogens is 628 g/mol. The summed E-state index contributed by atoms with van der Waals surface area (Å²) in [6.45, 7) is 13.4. The van der Waals surface area contributed by atoms with Crippen LogP contribution in [0.25, 0.3) is 39.3 Å². The van der Waals surface area contributed by atoms with Crippen LogP contribution in [0.2, 0.25) is 0 Å². The highest BCUT2D eigenvalue weighted by Gasteiger charge is 2.55. The highest BCUT2D eigenvalue weighted by atomic mass is 16.7. The number of ether oxygens (including phenoxy) is 3. The van der Waals surface area contributed by atoms with Crippen LogP contribution in [-0.4, -0.2) is 68.4 Å². The van der Waals surface area contributed by atoms with Crippen LogP contribution in [0.15, 0.2) is 24.8 Å². The second kappa shape index (κ2) is 12.8. The number of H-pyrrole nitrogens is 2. The number of methoxy groups -OCH3 is 1. The monoisotopic (exact) mass is 668 g/mol. The Balaban J connectivity index is 1.79. The number of cyclic esters (lactones) is 1. The Bertz CT molecular complexity index is 2120. The van der Waals surface area contributed by atoms with Crippen molar-refractivity contribution >= 4 is 57.2 Å².